The molecule has 0 unspecified atom stereocenters. The van der Waals surface area contributed by atoms with Crippen molar-refractivity contribution in [1.82, 2.24) is 16.2 Å². The molecule has 0 fully saturated rings. The Kier molecular flexibility index (Phi) is 5.83. The molecule has 0 aliphatic heterocycles. The van der Waals surface area contributed by atoms with Gasteiger partial charge in [-0.1, -0.05) is 12.5 Å². The Morgan fingerprint density at radius 2 is 1.84 bits per heavy atom. The molecule has 3 amide bonds. The van der Waals surface area contributed by atoms with Gasteiger partial charge in [0.15, 0.2) is 0 Å². The third-order valence-corrected chi connectivity index (χ3v) is 6.04. The van der Waals surface area contributed by atoms with E-state index in [1.165, 1.54) is 39.5 Å². The fourth-order valence-electron chi connectivity index (χ4n) is 2.67. The lowest BCUT2D eigenvalue weighted by Gasteiger charge is -2.07. The molecule has 8 heteroatoms. The van der Waals surface area contributed by atoms with Crippen molar-refractivity contribution in [2.75, 3.05) is 6.54 Å². The van der Waals surface area contributed by atoms with Crippen molar-refractivity contribution in [3.8, 4) is 0 Å². The number of carbonyl (C=O) groups excluding carboxylic acids is 3. The van der Waals surface area contributed by atoms with E-state index in [4.69, 9.17) is 0 Å². The van der Waals surface area contributed by atoms with E-state index in [1.807, 2.05) is 6.07 Å². The first-order chi connectivity index (χ1) is 12.1. The summed E-state index contributed by atoms with van der Waals surface area (Å²) >= 11 is 2.79. The number of hydrogen-bond donors (Lipinski definition) is 3. The van der Waals surface area contributed by atoms with E-state index in [9.17, 15) is 14.4 Å². The van der Waals surface area contributed by atoms with Gasteiger partial charge in [0, 0.05) is 4.88 Å². The Bertz CT molecular complexity index is 745. The van der Waals surface area contributed by atoms with E-state index < -0.39 is 5.91 Å². The van der Waals surface area contributed by atoms with E-state index in [-0.39, 0.29) is 18.4 Å². The van der Waals surface area contributed by atoms with Gasteiger partial charge in [0.05, 0.1) is 16.3 Å². The van der Waals surface area contributed by atoms with Crippen LogP contribution in [0, 0.1) is 0 Å². The topological polar surface area (TPSA) is 87.3 Å². The zero-order valence-corrected chi connectivity index (χ0v) is 15.2. The molecule has 1 aliphatic rings. The zero-order chi connectivity index (χ0) is 17.6. The fraction of sp³-hybridized carbons (Fsp3) is 0.353. The average molecular weight is 377 g/mol. The second kappa shape index (κ2) is 8.26. The van der Waals surface area contributed by atoms with E-state index >= 15 is 0 Å². The van der Waals surface area contributed by atoms with Crippen molar-refractivity contribution in [2.45, 2.75) is 32.1 Å². The van der Waals surface area contributed by atoms with Crippen LogP contribution in [0.4, 0.5) is 0 Å². The van der Waals surface area contributed by atoms with Crippen LogP contribution in [0.5, 0.6) is 0 Å². The maximum absolute atomic E-state index is 12.2. The van der Waals surface area contributed by atoms with Gasteiger partial charge in [0.25, 0.3) is 17.7 Å². The number of thiophene rings is 2. The fourth-order valence-corrected chi connectivity index (χ4v) is 4.46. The van der Waals surface area contributed by atoms with Crippen molar-refractivity contribution < 1.29 is 14.4 Å². The summed E-state index contributed by atoms with van der Waals surface area (Å²) in [7, 11) is 0. The molecular weight excluding hydrogens is 358 g/mol. The normalized spacial score (nSPS) is 13.4. The molecule has 25 heavy (non-hydrogen) atoms. The molecule has 0 atom stereocenters. The minimum Gasteiger partial charge on any atom is -0.342 e. The molecular formula is C17H19N3O3S2. The van der Waals surface area contributed by atoms with Crippen LogP contribution in [0.25, 0.3) is 0 Å². The van der Waals surface area contributed by atoms with Gasteiger partial charge in [-0.3, -0.25) is 25.2 Å². The predicted molar refractivity (Wildman–Crippen MR) is 97.8 cm³/mol. The Labute approximate surface area is 153 Å². The van der Waals surface area contributed by atoms with Crippen LogP contribution >= 0.6 is 22.7 Å². The standard InChI is InChI=1S/C17H19N3O3S2/c21-15(10-18-16(22)13-7-4-8-24-13)19-20-17(23)14-9-11-5-2-1-3-6-12(11)25-14/h4,7-9H,1-3,5-6,10H2,(H,18,22)(H,19,21)(H,20,23). The summed E-state index contributed by atoms with van der Waals surface area (Å²) in [5, 5.41) is 4.30. The summed E-state index contributed by atoms with van der Waals surface area (Å²) in [6, 6.07) is 5.37. The number of rotatable bonds is 4. The lowest BCUT2D eigenvalue weighted by atomic mass is 10.1. The van der Waals surface area contributed by atoms with Crippen LogP contribution in [0.3, 0.4) is 0 Å². The SMILES string of the molecule is O=C(CNC(=O)c1cccs1)NNC(=O)c1cc2c(s1)CCCCC2. The van der Waals surface area contributed by atoms with Gasteiger partial charge < -0.3 is 5.32 Å². The predicted octanol–water partition coefficient (Wildman–Crippen LogP) is 2.27. The van der Waals surface area contributed by atoms with Crippen LogP contribution in [0.2, 0.25) is 0 Å². The van der Waals surface area contributed by atoms with Crippen LogP contribution in [0.15, 0.2) is 23.6 Å². The van der Waals surface area contributed by atoms with Crippen molar-refractivity contribution in [1.29, 1.82) is 0 Å². The molecule has 132 valence electrons. The van der Waals surface area contributed by atoms with E-state index in [1.54, 1.807) is 17.5 Å². The first kappa shape index (κ1) is 17.6. The van der Waals surface area contributed by atoms with Gasteiger partial charge in [-0.2, -0.15) is 0 Å². The number of fused-ring (bicyclic) bond motifs is 1. The van der Waals surface area contributed by atoms with Crippen molar-refractivity contribution in [3.05, 3.63) is 43.8 Å². The molecule has 3 N–H and O–H groups in total. The van der Waals surface area contributed by atoms with Gasteiger partial charge >= 0.3 is 0 Å². The van der Waals surface area contributed by atoms with Crippen LogP contribution in [-0.2, 0) is 17.6 Å². The summed E-state index contributed by atoms with van der Waals surface area (Å²) in [5.41, 5.74) is 5.99. The largest absolute Gasteiger partial charge is 0.342 e. The summed E-state index contributed by atoms with van der Waals surface area (Å²) in [6.07, 6.45) is 5.59. The molecule has 2 heterocycles. The first-order valence-corrected chi connectivity index (χ1v) is 9.85. The molecule has 1 aliphatic carbocycles. The van der Waals surface area contributed by atoms with Crippen LogP contribution in [-0.4, -0.2) is 24.3 Å². The number of hydrogen-bond acceptors (Lipinski definition) is 5. The van der Waals surface area contributed by atoms with Gasteiger partial charge in [0.2, 0.25) is 0 Å². The van der Waals surface area contributed by atoms with Gasteiger partial charge in [-0.15, -0.1) is 22.7 Å². The molecule has 3 rings (SSSR count). The second-order valence-electron chi connectivity index (χ2n) is 5.78. The Morgan fingerprint density at radius 3 is 2.64 bits per heavy atom. The lowest BCUT2D eigenvalue weighted by molar-refractivity contribution is -0.120. The summed E-state index contributed by atoms with van der Waals surface area (Å²) < 4.78 is 0. The molecule has 0 saturated carbocycles. The Morgan fingerprint density at radius 1 is 1.00 bits per heavy atom. The first-order valence-electron chi connectivity index (χ1n) is 8.16. The summed E-state index contributed by atoms with van der Waals surface area (Å²) in [6.45, 7) is -0.196. The molecule has 0 radical (unpaired) electrons. The number of carbonyl (C=O) groups is 3. The van der Waals surface area contributed by atoms with Crippen molar-refractivity contribution in [2.24, 2.45) is 0 Å². The van der Waals surface area contributed by atoms with Crippen LogP contribution in [0.1, 0.15) is 49.0 Å². The Hall–Kier alpha value is -2.19. The van der Waals surface area contributed by atoms with Crippen molar-refractivity contribution in [3.63, 3.8) is 0 Å². The van der Waals surface area contributed by atoms with E-state index in [0.717, 1.165) is 25.7 Å². The molecule has 2 aromatic rings. The monoisotopic (exact) mass is 377 g/mol. The van der Waals surface area contributed by atoms with E-state index in [2.05, 4.69) is 16.2 Å². The minimum atomic E-state index is -0.476. The lowest BCUT2D eigenvalue weighted by Crippen LogP contribution is -2.46. The van der Waals surface area contributed by atoms with Gasteiger partial charge in [-0.05, 0) is 48.8 Å². The smallest absolute Gasteiger partial charge is 0.279 e. The highest BCUT2D eigenvalue weighted by Crippen LogP contribution is 2.28. The highest BCUT2D eigenvalue weighted by Gasteiger charge is 2.17. The molecule has 6 nitrogen and oxygen atoms in total. The molecule has 0 spiro atoms. The maximum Gasteiger partial charge on any atom is 0.279 e. The van der Waals surface area contributed by atoms with Gasteiger partial charge in [-0.25, -0.2) is 0 Å². The van der Waals surface area contributed by atoms with E-state index in [0.29, 0.717) is 9.75 Å². The quantitative estimate of drug-likeness (QED) is 0.564. The molecule has 0 bridgehead atoms. The maximum atomic E-state index is 12.2. The third kappa shape index (κ3) is 4.67. The van der Waals surface area contributed by atoms with Crippen LogP contribution < -0.4 is 16.2 Å². The molecule has 0 saturated heterocycles. The molecule has 2 aromatic heterocycles. The van der Waals surface area contributed by atoms with Crippen molar-refractivity contribution >= 4 is 40.4 Å². The zero-order valence-electron chi connectivity index (χ0n) is 13.6. The van der Waals surface area contributed by atoms with Gasteiger partial charge in [0.1, 0.15) is 0 Å². The Balaban J connectivity index is 1.45. The number of hydrazine groups is 1. The third-order valence-electron chi connectivity index (χ3n) is 3.94. The highest BCUT2D eigenvalue weighted by molar-refractivity contribution is 7.14. The average Bonchev–Trinajstić information content (AvgIpc) is 3.24. The number of amides is 3. The number of aryl methyl sites for hydroxylation is 2. The minimum absolute atomic E-state index is 0.196. The summed E-state index contributed by atoms with van der Waals surface area (Å²) in [5.74, 6) is -1.11. The highest BCUT2D eigenvalue weighted by atomic mass is 32.1. The number of nitrogens with one attached hydrogen (secondary N) is 3. The molecule has 0 aromatic carbocycles. The second-order valence-corrected chi connectivity index (χ2v) is 7.87. The summed E-state index contributed by atoms with van der Waals surface area (Å²) in [4.78, 5) is 38.1.